The Morgan fingerprint density at radius 1 is 1.42 bits per heavy atom. The number of thiocarbonyl (C=S) groups is 1. The lowest BCUT2D eigenvalue weighted by atomic mass is 10.1. The minimum Gasteiger partial charge on any atom is -0.389 e. The zero-order chi connectivity index (χ0) is 14.0. The third-order valence-corrected chi connectivity index (χ3v) is 3.70. The lowest BCUT2D eigenvalue weighted by Gasteiger charge is -2.07. The lowest BCUT2D eigenvalue weighted by Crippen LogP contribution is -2.14. The van der Waals surface area contributed by atoms with Crippen molar-refractivity contribution < 1.29 is 9.18 Å². The Balaban J connectivity index is 2.23. The molecule has 19 heavy (non-hydrogen) atoms. The highest BCUT2D eigenvalue weighted by Gasteiger charge is 2.13. The molecular formula is C13H11FN2OS2. The Kier molecular flexibility index (Phi) is 3.92. The van der Waals surface area contributed by atoms with Crippen molar-refractivity contribution in [2.45, 2.75) is 6.92 Å². The first-order valence-corrected chi connectivity index (χ1v) is 6.77. The number of aryl methyl sites for hydroxylation is 1. The Bertz CT molecular complexity index is 652. The van der Waals surface area contributed by atoms with E-state index in [1.165, 1.54) is 23.5 Å². The van der Waals surface area contributed by atoms with Crippen molar-refractivity contribution in [1.82, 2.24) is 0 Å². The molecular weight excluding hydrogens is 283 g/mol. The summed E-state index contributed by atoms with van der Waals surface area (Å²) in [7, 11) is 0. The first-order valence-electron chi connectivity index (χ1n) is 5.42. The molecule has 1 heterocycles. The average Bonchev–Trinajstić information content (AvgIpc) is 2.77. The minimum absolute atomic E-state index is 0.107. The monoisotopic (exact) mass is 294 g/mol. The number of amides is 1. The Labute approximate surface area is 119 Å². The highest BCUT2D eigenvalue weighted by molar-refractivity contribution is 7.80. The van der Waals surface area contributed by atoms with Gasteiger partial charge in [0, 0.05) is 10.9 Å². The molecule has 0 atom stereocenters. The fourth-order valence-corrected chi connectivity index (χ4v) is 2.51. The second-order valence-electron chi connectivity index (χ2n) is 3.98. The molecule has 0 fully saturated rings. The Morgan fingerprint density at radius 2 is 2.16 bits per heavy atom. The van der Waals surface area contributed by atoms with Crippen LogP contribution >= 0.6 is 23.6 Å². The maximum atomic E-state index is 13.8. The largest absolute Gasteiger partial charge is 0.389 e. The molecule has 2 rings (SSSR count). The summed E-state index contributed by atoms with van der Waals surface area (Å²) in [6, 6.07) is 4.23. The van der Waals surface area contributed by atoms with Crippen LogP contribution in [0.5, 0.6) is 0 Å². The normalized spacial score (nSPS) is 10.2. The van der Waals surface area contributed by atoms with Gasteiger partial charge in [-0.2, -0.15) is 11.3 Å². The van der Waals surface area contributed by atoms with E-state index >= 15 is 0 Å². The van der Waals surface area contributed by atoms with Crippen molar-refractivity contribution in [3.63, 3.8) is 0 Å². The molecule has 0 saturated heterocycles. The molecule has 0 bridgehead atoms. The van der Waals surface area contributed by atoms with Crippen molar-refractivity contribution in [3.8, 4) is 0 Å². The van der Waals surface area contributed by atoms with E-state index in [1.54, 1.807) is 11.4 Å². The van der Waals surface area contributed by atoms with Crippen LogP contribution in [0.25, 0.3) is 0 Å². The molecule has 0 spiro atoms. The number of anilines is 1. The van der Waals surface area contributed by atoms with Gasteiger partial charge in [-0.05, 0) is 36.1 Å². The third-order valence-electron chi connectivity index (χ3n) is 2.60. The minimum atomic E-state index is -0.563. The van der Waals surface area contributed by atoms with E-state index in [0.717, 1.165) is 5.56 Å². The average molecular weight is 294 g/mol. The standard InChI is InChI=1S/C13H11FN2OS2/c1-7-5-19-6-9(7)13(17)16-11-3-2-8(12(15)18)4-10(11)14/h2-6H,1H3,(H2,15,18)(H,16,17). The predicted octanol–water partition coefficient (Wildman–Crippen LogP) is 3.08. The van der Waals surface area contributed by atoms with Gasteiger partial charge in [0.2, 0.25) is 0 Å². The molecule has 1 aromatic heterocycles. The summed E-state index contributed by atoms with van der Waals surface area (Å²) in [5.41, 5.74) is 7.35. The van der Waals surface area contributed by atoms with Gasteiger partial charge in [-0.25, -0.2) is 4.39 Å². The van der Waals surface area contributed by atoms with Gasteiger partial charge >= 0.3 is 0 Å². The van der Waals surface area contributed by atoms with Crippen LogP contribution in [0.2, 0.25) is 0 Å². The smallest absolute Gasteiger partial charge is 0.256 e. The first-order chi connectivity index (χ1) is 8.99. The summed E-state index contributed by atoms with van der Waals surface area (Å²) in [5.74, 6) is -0.896. The maximum Gasteiger partial charge on any atom is 0.256 e. The van der Waals surface area contributed by atoms with E-state index in [1.807, 2.05) is 12.3 Å². The maximum absolute atomic E-state index is 13.8. The van der Waals surface area contributed by atoms with Crippen LogP contribution in [-0.4, -0.2) is 10.9 Å². The summed E-state index contributed by atoms with van der Waals surface area (Å²) >= 11 is 6.19. The van der Waals surface area contributed by atoms with E-state index in [-0.39, 0.29) is 16.6 Å². The molecule has 6 heteroatoms. The van der Waals surface area contributed by atoms with Crippen LogP contribution in [0.3, 0.4) is 0 Å². The highest BCUT2D eigenvalue weighted by Crippen LogP contribution is 2.19. The molecule has 1 aromatic carbocycles. The van der Waals surface area contributed by atoms with Gasteiger partial charge in [-0.1, -0.05) is 12.2 Å². The number of carbonyl (C=O) groups is 1. The summed E-state index contributed by atoms with van der Waals surface area (Å²) in [6.45, 7) is 1.83. The number of carbonyl (C=O) groups excluding carboxylic acids is 1. The number of hydrogen-bond acceptors (Lipinski definition) is 3. The number of nitrogens with two attached hydrogens (primary N) is 1. The summed E-state index contributed by atoms with van der Waals surface area (Å²) in [4.78, 5) is 12.1. The number of halogens is 1. The number of hydrogen-bond donors (Lipinski definition) is 2. The molecule has 0 aliphatic rings. The highest BCUT2D eigenvalue weighted by atomic mass is 32.1. The molecule has 1 amide bonds. The summed E-state index contributed by atoms with van der Waals surface area (Å²) in [5, 5.41) is 6.12. The number of nitrogens with one attached hydrogen (secondary N) is 1. The second kappa shape index (κ2) is 5.46. The van der Waals surface area contributed by atoms with Crippen molar-refractivity contribution in [2.24, 2.45) is 5.73 Å². The quantitative estimate of drug-likeness (QED) is 0.855. The molecule has 3 N–H and O–H groups in total. The van der Waals surface area contributed by atoms with Crippen LogP contribution in [0.4, 0.5) is 10.1 Å². The van der Waals surface area contributed by atoms with E-state index in [9.17, 15) is 9.18 Å². The van der Waals surface area contributed by atoms with Gasteiger partial charge in [0.15, 0.2) is 0 Å². The van der Waals surface area contributed by atoms with Gasteiger partial charge in [0.05, 0.1) is 11.3 Å². The van der Waals surface area contributed by atoms with Gasteiger partial charge in [-0.15, -0.1) is 0 Å². The fourth-order valence-electron chi connectivity index (χ4n) is 1.55. The lowest BCUT2D eigenvalue weighted by molar-refractivity contribution is 0.102. The molecule has 98 valence electrons. The van der Waals surface area contributed by atoms with E-state index < -0.39 is 5.82 Å². The summed E-state index contributed by atoms with van der Waals surface area (Å²) < 4.78 is 13.8. The first kappa shape index (κ1) is 13.6. The third kappa shape index (κ3) is 2.97. The summed E-state index contributed by atoms with van der Waals surface area (Å²) in [6.07, 6.45) is 0. The zero-order valence-electron chi connectivity index (χ0n) is 10.1. The van der Waals surface area contributed by atoms with Crippen molar-refractivity contribution in [3.05, 3.63) is 51.5 Å². The topological polar surface area (TPSA) is 55.1 Å². The van der Waals surface area contributed by atoms with Crippen LogP contribution in [0.15, 0.2) is 29.0 Å². The molecule has 3 nitrogen and oxygen atoms in total. The number of rotatable bonds is 3. The molecule has 2 aromatic rings. The van der Waals surface area contributed by atoms with Crippen molar-refractivity contribution >= 4 is 40.1 Å². The van der Waals surface area contributed by atoms with Gasteiger partial charge in [0.25, 0.3) is 5.91 Å². The Hall–Kier alpha value is -1.79. The van der Waals surface area contributed by atoms with Crippen LogP contribution in [-0.2, 0) is 0 Å². The molecule has 0 saturated carbocycles. The Morgan fingerprint density at radius 3 is 2.68 bits per heavy atom. The predicted molar refractivity (Wildman–Crippen MR) is 79.3 cm³/mol. The van der Waals surface area contributed by atoms with Crippen LogP contribution in [0, 0.1) is 12.7 Å². The SMILES string of the molecule is Cc1cscc1C(=O)Nc1ccc(C(N)=S)cc1F. The second-order valence-corrected chi connectivity index (χ2v) is 5.16. The van der Waals surface area contributed by atoms with Crippen molar-refractivity contribution in [2.75, 3.05) is 5.32 Å². The molecule has 0 radical (unpaired) electrons. The molecule has 0 aliphatic heterocycles. The van der Waals surface area contributed by atoms with E-state index in [4.69, 9.17) is 18.0 Å². The van der Waals surface area contributed by atoms with Crippen LogP contribution < -0.4 is 11.1 Å². The van der Waals surface area contributed by atoms with E-state index in [2.05, 4.69) is 5.32 Å². The molecule has 0 aliphatic carbocycles. The van der Waals surface area contributed by atoms with Gasteiger partial charge < -0.3 is 11.1 Å². The van der Waals surface area contributed by atoms with Crippen LogP contribution in [0.1, 0.15) is 21.5 Å². The number of thiophene rings is 1. The van der Waals surface area contributed by atoms with E-state index in [0.29, 0.717) is 11.1 Å². The number of benzene rings is 1. The van der Waals surface area contributed by atoms with Gasteiger partial charge in [-0.3, -0.25) is 4.79 Å². The van der Waals surface area contributed by atoms with Crippen molar-refractivity contribution in [1.29, 1.82) is 0 Å². The zero-order valence-corrected chi connectivity index (χ0v) is 11.7. The van der Waals surface area contributed by atoms with Gasteiger partial charge in [0.1, 0.15) is 10.8 Å². The molecule has 0 unspecified atom stereocenters. The fraction of sp³-hybridized carbons (Fsp3) is 0.0769.